The molecule has 1 fully saturated rings. The lowest BCUT2D eigenvalue weighted by Crippen LogP contribution is -2.38. The highest BCUT2D eigenvalue weighted by atomic mass is 79.9. The molecule has 1 aromatic carbocycles. The highest BCUT2D eigenvalue weighted by molar-refractivity contribution is 9.10. The van der Waals surface area contributed by atoms with Crippen LogP contribution in [0, 0.1) is 0 Å². The summed E-state index contributed by atoms with van der Waals surface area (Å²) in [7, 11) is 0. The van der Waals surface area contributed by atoms with Crippen LogP contribution in [0.3, 0.4) is 0 Å². The maximum absolute atomic E-state index is 12.1. The average molecular weight is 341 g/mol. The van der Waals surface area contributed by atoms with E-state index in [-0.39, 0.29) is 5.91 Å². The van der Waals surface area contributed by atoms with E-state index in [1.165, 1.54) is 6.07 Å². The maximum atomic E-state index is 12.1. The van der Waals surface area contributed by atoms with Gasteiger partial charge in [0.1, 0.15) is 0 Å². The lowest BCUT2D eigenvalue weighted by Gasteiger charge is -2.20. The van der Waals surface area contributed by atoms with Gasteiger partial charge in [-0.3, -0.25) is 4.79 Å². The summed E-state index contributed by atoms with van der Waals surface area (Å²) in [4.78, 5) is 25.8. The summed E-state index contributed by atoms with van der Waals surface area (Å²) in [6.07, 6.45) is 1.24. The van der Waals surface area contributed by atoms with E-state index in [0.717, 1.165) is 25.9 Å². The van der Waals surface area contributed by atoms with Gasteiger partial charge >= 0.3 is 5.97 Å². The number of likely N-dealkylation sites (tertiary alicyclic amines) is 1. The van der Waals surface area contributed by atoms with Crippen LogP contribution in [0.1, 0.15) is 30.1 Å². The van der Waals surface area contributed by atoms with Crippen LogP contribution in [0.4, 0.5) is 5.69 Å². The van der Waals surface area contributed by atoms with Crippen LogP contribution in [0.25, 0.3) is 0 Å². The predicted molar refractivity (Wildman–Crippen MR) is 79.2 cm³/mol. The quantitative estimate of drug-likeness (QED) is 0.676. The molecule has 108 valence electrons. The Labute approximate surface area is 126 Å². The van der Waals surface area contributed by atoms with Crippen molar-refractivity contribution in [3.05, 3.63) is 28.2 Å². The average Bonchev–Trinajstić information content (AvgIpc) is 2.90. The number of hydrogen-bond acceptors (Lipinski definition) is 4. The van der Waals surface area contributed by atoms with Gasteiger partial charge in [0.15, 0.2) is 6.10 Å². The van der Waals surface area contributed by atoms with E-state index in [4.69, 9.17) is 10.5 Å². The number of ether oxygens (including phenoxy) is 1. The smallest absolute Gasteiger partial charge is 0.339 e. The molecule has 0 aromatic heterocycles. The lowest BCUT2D eigenvalue weighted by molar-refractivity contribution is -0.138. The van der Waals surface area contributed by atoms with Crippen molar-refractivity contribution >= 4 is 33.5 Å². The molecule has 0 saturated carbocycles. The summed E-state index contributed by atoms with van der Waals surface area (Å²) in [5.41, 5.74) is 6.47. The van der Waals surface area contributed by atoms with Crippen LogP contribution in [0.15, 0.2) is 22.7 Å². The first-order valence-electron chi connectivity index (χ1n) is 6.53. The molecule has 1 saturated heterocycles. The number of carbonyl (C=O) groups is 2. The van der Waals surface area contributed by atoms with Crippen molar-refractivity contribution in [2.75, 3.05) is 18.8 Å². The number of anilines is 1. The normalized spacial score (nSPS) is 16.0. The minimum absolute atomic E-state index is 0.140. The molecule has 5 nitrogen and oxygen atoms in total. The monoisotopic (exact) mass is 340 g/mol. The van der Waals surface area contributed by atoms with Gasteiger partial charge < -0.3 is 15.4 Å². The van der Waals surface area contributed by atoms with Crippen LogP contribution in [-0.2, 0) is 9.53 Å². The fraction of sp³-hybridized carbons (Fsp3) is 0.429. The minimum atomic E-state index is -0.777. The van der Waals surface area contributed by atoms with Crippen LogP contribution in [0.5, 0.6) is 0 Å². The number of carbonyl (C=O) groups excluding carboxylic acids is 2. The number of nitrogens with zero attached hydrogens (tertiary/aromatic N) is 1. The summed E-state index contributed by atoms with van der Waals surface area (Å²) in [6.45, 7) is 3.08. The van der Waals surface area contributed by atoms with Crippen LogP contribution in [0.2, 0.25) is 0 Å². The first-order valence-corrected chi connectivity index (χ1v) is 7.32. The third-order valence-electron chi connectivity index (χ3n) is 3.21. The zero-order valence-corrected chi connectivity index (χ0v) is 12.9. The fourth-order valence-electron chi connectivity index (χ4n) is 2.20. The SMILES string of the molecule is CC(OC(=O)c1cc(N)cc(Br)c1)C(=O)N1CCCC1. The first-order chi connectivity index (χ1) is 9.47. The summed E-state index contributed by atoms with van der Waals surface area (Å²) in [6, 6.07) is 4.83. The van der Waals surface area contributed by atoms with Crippen molar-refractivity contribution in [3.8, 4) is 0 Å². The van der Waals surface area contributed by atoms with Crippen LogP contribution < -0.4 is 5.73 Å². The Morgan fingerprint density at radius 2 is 1.95 bits per heavy atom. The molecule has 1 aromatic rings. The van der Waals surface area contributed by atoms with Gasteiger partial charge in [-0.15, -0.1) is 0 Å². The predicted octanol–water partition coefficient (Wildman–Crippen LogP) is 2.20. The van der Waals surface area contributed by atoms with Gasteiger partial charge in [0.25, 0.3) is 5.91 Å². The topological polar surface area (TPSA) is 72.6 Å². The molecule has 6 heteroatoms. The lowest BCUT2D eigenvalue weighted by atomic mass is 10.2. The molecule has 1 aliphatic heterocycles. The van der Waals surface area contributed by atoms with Crippen molar-refractivity contribution in [1.29, 1.82) is 0 Å². The zero-order chi connectivity index (χ0) is 14.7. The first kappa shape index (κ1) is 14.8. The number of nitrogen functional groups attached to an aromatic ring is 1. The molecular formula is C14H17BrN2O3. The highest BCUT2D eigenvalue weighted by Gasteiger charge is 2.26. The van der Waals surface area contributed by atoms with Crippen LogP contribution >= 0.6 is 15.9 Å². The molecule has 0 spiro atoms. The molecule has 0 radical (unpaired) electrons. The van der Waals surface area contributed by atoms with Gasteiger partial charge in [0.05, 0.1) is 5.56 Å². The number of halogens is 1. The van der Waals surface area contributed by atoms with E-state index in [2.05, 4.69) is 15.9 Å². The Balaban J connectivity index is 2.01. The third kappa shape index (κ3) is 3.50. The van der Waals surface area contributed by atoms with E-state index in [0.29, 0.717) is 15.7 Å². The second kappa shape index (κ2) is 6.26. The van der Waals surface area contributed by atoms with Gasteiger partial charge in [-0.2, -0.15) is 0 Å². The zero-order valence-electron chi connectivity index (χ0n) is 11.3. The number of esters is 1. The number of rotatable bonds is 3. The van der Waals surface area contributed by atoms with Crippen molar-refractivity contribution in [1.82, 2.24) is 4.90 Å². The highest BCUT2D eigenvalue weighted by Crippen LogP contribution is 2.19. The van der Waals surface area contributed by atoms with Crippen molar-refractivity contribution < 1.29 is 14.3 Å². The Kier molecular flexibility index (Phi) is 4.65. The summed E-state index contributed by atoms with van der Waals surface area (Å²) >= 11 is 3.27. The summed E-state index contributed by atoms with van der Waals surface area (Å²) in [5.74, 6) is -0.683. The summed E-state index contributed by atoms with van der Waals surface area (Å²) < 4.78 is 5.91. The van der Waals surface area contributed by atoms with E-state index in [9.17, 15) is 9.59 Å². The number of amides is 1. The van der Waals surface area contributed by atoms with E-state index in [1.807, 2.05) is 0 Å². The molecular weight excluding hydrogens is 324 g/mol. The largest absolute Gasteiger partial charge is 0.449 e. The number of hydrogen-bond donors (Lipinski definition) is 1. The Morgan fingerprint density at radius 1 is 1.30 bits per heavy atom. The van der Waals surface area contributed by atoms with E-state index < -0.39 is 12.1 Å². The van der Waals surface area contributed by atoms with Gasteiger partial charge in [0.2, 0.25) is 0 Å². The minimum Gasteiger partial charge on any atom is -0.449 e. The maximum Gasteiger partial charge on any atom is 0.339 e. The number of nitrogens with two attached hydrogens (primary N) is 1. The second-order valence-corrected chi connectivity index (χ2v) is 5.77. The van der Waals surface area contributed by atoms with Crippen molar-refractivity contribution in [2.24, 2.45) is 0 Å². The second-order valence-electron chi connectivity index (χ2n) is 4.85. The molecule has 1 amide bonds. The Morgan fingerprint density at radius 3 is 2.55 bits per heavy atom. The third-order valence-corrected chi connectivity index (χ3v) is 3.66. The molecule has 1 aliphatic rings. The molecule has 1 atom stereocenters. The number of benzene rings is 1. The van der Waals surface area contributed by atoms with Gasteiger partial charge in [-0.1, -0.05) is 15.9 Å². The molecule has 2 N–H and O–H groups in total. The van der Waals surface area contributed by atoms with Crippen LogP contribution in [-0.4, -0.2) is 36.0 Å². The molecule has 20 heavy (non-hydrogen) atoms. The molecule has 1 heterocycles. The standard InChI is InChI=1S/C14H17BrN2O3/c1-9(13(18)17-4-2-3-5-17)20-14(19)10-6-11(15)8-12(16)7-10/h6-9H,2-5,16H2,1H3. The van der Waals surface area contributed by atoms with Gasteiger partial charge in [-0.05, 0) is 38.0 Å². The molecule has 0 aliphatic carbocycles. The Bertz CT molecular complexity index is 507. The molecule has 2 rings (SSSR count). The molecule has 0 bridgehead atoms. The van der Waals surface area contributed by atoms with E-state index in [1.54, 1.807) is 24.0 Å². The fourth-order valence-corrected chi connectivity index (χ4v) is 2.71. The Hall–Kier alpha value is -1.56. The van der Waals surface area contributed by atoms with Gasteiger partial charge in [-0.25, -0.2) is 4.79 Å². The van der Waals surface area contributed by atoms with Crippen molar-refractivity contribution in [2.45, 2.75) is 25.9 Å². The summed E-state index contributed by atoms with van der Waals surface area (Å²) in [5, 5.41) is 0. The van der Waals surface area contributed by atoms with E-state index >= 15 is 0 Å². The van der Waals surface area contributed by atoms with Crippen molar-refractivity contribution in [3.63, 3.8) is 0 Å². The molecule has 1 unspecified atom stereocenters. The van der Waals surface area contributed by atoms with Gasteiger partial charge in [0, 0.05) is 23.2 Å².